The van der Waals surface area contributed by atoms with Crippen molar-refractivity contribution in [2.45, 2.75) is 43.6 Å². The number of para-hydroxylation sites is 1. The van der Waals surface area contributed by atoms with Crippen LogP contribution in [0.25, 0.3) is 10.9 Å². The van der Waals surface area contributed by atoms with Gasteiger partial charge in [0.15, 0.2) is 0 Å². The van der Waals surface area contributed by atoms with Gasteiger partial charge in [-0.2, -0.15) is 0 Å². The van der Waals surface area contributed by atoms with Gasteiger partial charge in [-0.3, -0.25) is 0 Å². The van der Waals surface area contributed by atoms with Gasteiger partial charge in [0.1, 0.15) is 0 Å². The molecule has 3 N–H and O–H groups in total. The molecule has 1 aromatic heterocycles. The molecule has 0 bridgehead atoms. The minimum absolute atomic E-state index is 0. The van der Waals surface area contributed by atoms with Crippen molar-refractivity contribution in [2.75, 3.05) is 32.7 Å². The van der Waals surface area contributed by atoms with Crippen LogP contribution in [0.15, 0.2) is 30.5 Å². The average Bonchev–Trinajstić information content (AvgIpc) is 3.05. The summed E-state index contributed by atoms with van der Waals surface area (Å²) >= 11 is 0. The molecule has 6 heteroatoms. The molecule has 1 saturated heterocycles. The summed E-state index contributed by atoms with van der Waals surface area (Å²) in [4.78, 5) is 5.94. The van der Waals surface area contributed by atoms with Crippen molar-refractivity contribution in [2.24, 2.45) is 0 Å². The second kappa shape index (κ2) is 9.43. The van der Waals surface area contributed by atoms with E-state index in [-0.39, 0.29) is 30.7 Å². The standard InChI is InChI=1S/C20H29N3O.2ClH/c24-20(8-4-1-5-9-20)18(15-23-12-10-21-11-13-23)17-14-22-19-7-3-2-6-16(17)19;;/h2-3,6-7,14,18,21-22,24H,1,4-5,8-13,15H2;2*1H. The van der Waals surface area contributed by atoms with Crippen molar-refractivity contribution < 1.29 is 5.11 Å². The van der Waals surface area contributed by atoms with E-state index in [1.807, 2.05) is 0 Å². The van der Waals surface area contributed by atoms with Crippen LogP contribution in [0.3, 0.4) is 0 Å². The molecule has 0 amide bonds. The molecule has 2 aromatic rings. The molecule has 1 aromatic carbocycles. The Labute approximate surface area is 168 Å². The molecule has 1 aliphatic heterocycles. The number of hydrogen-bond donors (Lipinski definition) is 3. The first-order valence-corrected chi connectivity index (χ1v) is 9.48. The van der Waals surface area contributed by atoms with Gasteiger partial charge in [-0.1, -0.05) is 37.5 Å². The maximum absolute atomic E-state index is 11.5. The fourth-order valence-electron chi connectivity index (χ4n) is 4.60. The van der Waals surface area contributed by atoms with Crippen LogP contribution in [0.1, 0.15) is 43.6 Å². The zero-order valence-electron chi connectivity index (χ0n) is 15.2. The highest BCUT2D eigenvalue weighted by molar-refractivity contribution is 5.85. The molecule has 2 heterocycles. The van der Waals surface area contributed by atoms with Gasteiger partial charge in [-0.15, -0.1) is 24.8 Å². The minimum atomic E-state index is -0.561. The van der Waals surface area contributed by atoms with Crippen LogP contribution in [0.2, 0.25) is 0 Å². The Morgan fingerprint density at radius 1 is 1.04 bits per heavy atom. The van der Waals surface area contributed by atoms with E-state index in [2.05, 4.69) is 45.7 Å². The van der Waals surface area contributed by atoms with Crippen LogP contribution >= 0.6 is 24.8 Å². The smallest absolute Gasteiger partial charge is 0.0729 e. The molecule has 4 nitrogen and oxygen atoms in total. The van der Waals surface area contributed by atoms with E-state index in [0.29, 0.717) is 0 Å². The van der Waals surface area contributed by atoms with Crippen LogP contribution < -0.4 is 5.32 Å². The van der Waals surface area contributed by atoms with Crippen molar-refractivity contribution in [3.8, 4) is 0 Å². The number of nitrogens with one attached hydrogen (secondary N) is 2. The molecule has 1 unspecified atom stereocenters. The predicted molar refractivity (Wildman–Crippen MR) is 113 cm³/mol. The number of aromatic nitrogens is 1. The molecule has 1 saturated carbocycles. The van der Waals surface area contributed by atoms with Gasteiger partial charge in [-0.25, -0.2) is 0 Å². The zero-order chi connectivity index (χ0) is 16.4. The number of aromatic amines is 1. The summed E-state index contributed by atoms with van der Waals surface area (Å²) in [6, 6.07) is 8.50. The fraction of sp³-hybridized carbons (Fsp3) is 0.600. The summed E-state index contributed by atoms with van der Waals surface area (Å²) in [6.07, 6.45) is 7.57. The fourth-order valence-corrected chi connectivity index (χ4v) is 4.60. The highest BCUT2D eigenvalue weighted by Crippen LogP contribution is 2.42. The third kappa shape index (κ3) is 4.37. The number of hydrogen-bond acceptors (Lipinski definition) is 3. The molecule has 0 spiro atoms. The van der Waals surface area contributed by atoms with Gasteiger partial charge < -0.3 is 20.3 Å². The average molecular weight is 400 g/mol. The molecule has 2 aliphatic rings. The first kappa shape index (κ1) is 21.5. The van der Waals surface area contributed by atoms with Crippen molar-refractivity contribution in [3.05, 3.63) is 36.0 Å². The van der Waals surface area contributed by atoms with Crippen LogP contribution in [-0.2, 0) is 0 Å². The Morgan fingerprint density at radius 2 is 1.73 bits per heavy atom. The second-order valence-corrected chi connectivity index (χ2v) is 7.56. The number of halogens is 2. The SMILES string of the molecule is Cl.Cl.OC1(C(CN2CCNCC2)c2c[nH]c3ccccc23)CCCCC1. The Kier molecular flexibility index (Phi) is 7.80. The molecule has 146 valence electrons. The van der Waals surface area contributed by atoms with E-state index in [1.54, 1.807) is 0 Å². The first-order chi connectivity index (χ1) is 11.8. The molecule has 1 aliphatic carbocycles. The third-order valence-corrected chi connectivity index (χ3v) is 6.02. The molecular weight excluding hydrogens is 369 g/mol. The Hall–Kier alpha value is -0.780. The van der Waals surface area contributed by atoms with E-state index in [9.17, 15) is 5.11 Å². The van der Waals surface area contributed by atoms with Crippen LogP contribution in [-0.4, -0.2) is 53.3 Å². The monoisotopic (exact) mass is 399 g/mol. The van der Waals surface area contributed by atoms with Crippen LogP contribution in [0.4, 0.5) is 0 Å². The lowest BCUT2D eigenvalue weighted by atomic mass is 9.72. The molecule has 2 fully saturated rings. The predicted octanol–water partition coefficient (Wildman–Crippen LogP) is 3.70. The number of nitrogens with zero attached hydrogens (tertiary/aromatic N) is 1. The normalized spacial score (nSPS) is 21.6. The maximum atomic E-state index is 11.5. The number of fused-ring (bicyclic) bond motifs is 1. The van der Waals surface area contributed by atoms with Gasteiger partial charge in [0.25, 0.3) is 0 Å². The highest BCUT2D eigenvalue weighted by Gasteiger charge is 2.40. The summed E-state index contributed by atoms with van der Waals surface area (Å²) in [7, 11) is 0. The van der Waals surface area contributed by atoms with Crippen molar-refractivity contribution in [1.29, 1.82) is 0 Å². The van der Waals surface area contributed by atoms with E-state index >= 15 is 0 Å². The maximum Gasteiger partial charge on any atom is 0.0729 e. The van der Waals surface area contributed by atoms with Crippen LogP contribution in [0, 0.1) is 0 Å². The lowest BCUT2D eigenvalue weighted by Crippen LogP contribution is -2.49. The third-order valence-electron chi connectivity index (χ3n) is 6.02. The van der Waals surface area contributed by atoms with Gasteiger partial charge >= 0.3 is 0 Å². The Morgan fingerprint density at radius 3 is 2.46 bits per heavy atom. The molecule has 4 rings (SSSR count). The minimum Gasteiger partial charge on any atom is -0.389 e. The Balaban J connectivity index is 0.00000121. The van der Waals surface area contributed by atoms with E-state index < -0.39 is 5.60 Å². The van der Waals surface area contributed by atoms with Crippen molar-refractivity contribution in [3.63, 3.8) is 0 Å². The molecular formula is C20H31Cl2N3O. The van der Waals surface area contributed by atoms with Crippen molar-refractivity contribution in [1.82, 2.24) is 15.2 Å². The summed E-state index contributed by atoms with van der Waals surface area (Å²) in [5.74, 6) is 0.187. The zero-order valence-corrected chi connectivity index (χ0v) is 16.9. The van der Waals surface area contributed by atoms with Crippen molar-refractivity contribution >= 4 is 35.7 Å². The molecule has 26 heavy (non-hydrogen) atoms. The summed E-state index contributed by atoms with van der Waals surface area (Å²) in [5, 5.41) is 16.2. The van der Waals surface area contributed by atoms with Gasteiger partial charge in [0.05, 0.1) is 5.60 Å². The van der Waals surface area contributed by atoms with Crippen LogP contribution in [0.5, 0.6) is 0 Å². The number of piperazine rings is 1. The second-order valence-electron chi connectivity index (χ2n) is 7.56. The number of H-pyrrole nitrogens is 1. The highest BCUT2D eigenvalue weighted by atomic mass is 35.5. The number of aliphatic hydroxyl groups is 1. The quantitative estimate of drug-likeness (QED) is 0.734. The molecule has 1 atom stereocenters. The number of benzene rings is 1. The van der Waals surface area contributed by atoms with E-state index in [0.717, 1.165) is 58.4 Å². The first-order valence-electron chi connectivity index (χ1n) is 9.48. The summed E-state index contributed by atoms with van der Waals surface area (Å²) in [5.41, 5.74) is 1.92. The van der Waals surface area contributed by atoms with Gasteiger partial charge in [0, 0.05) is 55.7 Å². The van der Waals surface area contributed by atoms with E-state index in [4.69, 9.17) is 0 Å². The largest absolute Gasteiger partial charge is 0.389 e. The van der Waals surface area contributed by atoms with Gasteiger partial charge in [-0.05, 0) is 24.5 Å². The lowest BCUT2D eigenvalue weighted by Gasteiger charge is -2.42. The van der Waals surface area contributed by atoms with E-state index in [1.165, 1.54) is 22.9 Å². The summed E-state index contributed by atoms with van der Waals surface area (Å²) < 4.78 is 0. The number of rotatable bonds is 4. The Bertz CT molecular complexity index is 679. The van der Waals surface area contributed by atoms with Gasteiger partial charge in [0.2, 0.25) is 0 Å². The lowest BCUT2D eigenvalue weighted by molar-refractivity contribution is -0.0312. The topological polar surface area (TPSA) is 51.3 Å². The molecule has 0 radical (unpaired) electrons. The summed E-state index contributed by atoms with van der Waals surface area (Å²) in [6.45, 7) is 5.22.